The second-order valence-electron chi connectivity index (χ2n) is 5.89. The minimum Gasteiger partial charge on any atom is -0.496 e. The largest absolute Gasteiger partial charge is 0.496 e. The van der Waals surface area contributed by atoms with Crippen LogP contribution in [0.1, 0.15) is 22.7 Å². The van der Waals surface area contributed by atoms with Crippen LogP contribution < -0.4 is 31.6 Å². The highest BCUT2D eigenvalue weighted by Gasteiger charge is 2.38. The number of nitrogen functional groups attached to an aromatic ring is 2. The average molecular weight is 409 g/mol. The number of nitro groups is 1. The van der Waals surface area contributed by atoms with E-state index in [2.05, 4.69) is 20.6 Å². The van der Waals surface area contributed by atoms with E-state index in [1.807, 2.05) is 6.07 Å². The summed E-state index contributed by atoms with van der Waals surface area (Å²) >= 11 is 0. The van der Waals surface area contributed by atoms with Crippen LogP contribution in [-0.2, 0) is 0 Å². The van der Waals surface area contributed by atoms with Crippen molar-refractivity contribution in [3.8, 4) is 23.8 Å². The van der Waals surface area contributed by atoms with E-state index in [9.17, 15) is 15.4 Å². The first-order chi connectivity index (χ1) is 14.4. The number of methoxy groups -OCH3 is 2. The Morgan fingerprint density at radius 3 is 2.47 bits per heavy atom. The standard InChI is InChI=1S/C17H15N9O4/c1-29-8-3-4-9(30-2)14(26(27)28)10(8)13-11-12(20)7(5-18)15(21)24-16(11)25-17(23-13)22-6-19/h3-4,13H,1-2H3,(H6,20,21,22,23,24,25). The Kier molecular flexibility index (Phi) is 5.12. The van der Waals surface area contributed by atoms with Crippen molar-refractivity contribution in [3.05, 3.63) is 38.9 Å². The van der Waals surface area contributed by atoms with Gasteiger partial charge in [0.2, 0.25) is 5.96 Å². The zero-order valence-corrected chi connectivity index (χ0v) is 15.8. The van der Waals surface area contributed by atoms with Crippen LogP contribution in [0.3, 0.4) is 0 Å². The topological polar surface area (TPSA) is 211 Å². The number of aromatic nitrogens is 1. The first-order valence-corrected chi connectivity index (χ1v) is 8.26. The maximum atomic E-state index is 11.9. The Morgan fingerprint density at radius 1 is 1.23 bits per heavy atom. The van der Waals surface area contributed by atoms with Gasteiger partial charge in [0.25, 0.3) is 0 Å². The molecule has 1 aliphatic heterocycles. The molecule has 1 unspecified atom stereocenters. The monoisotopic (exact) mass is 409 g/mol. The number of nitro benzene ring substituents is 1. The maximum absolute atomic E-state index is 11.9. The summed E-state index contributed by atoms with van der Waals surface area (Å²) in [5.74, 6) is -0.0325. The van der Waals surface area contributed by atoms with Crippen molar-refractivity contribution < 1.29 is 14.4 Å². The highest BCUT2D eigenvalue weighted by atomic mass is 16.6. The van der Waals surface area contributed by atoms with Crippen LogP contribution >= 0.6 is 0 Å². The predicted octanol–water partition coefficient (Wildman–Crippen LogP) is 0.985. The molecule has 0 spiro atoms. The summed E-state index contributed by atoms with van der Waals surface area (Å²) < 4.78 is 10.5. The molecular formula is C17H15N9O4. The minimum atomic E-state index is -1.16. The molecule has 152 valence electrons. The molecule has 6 N–H and O–H groups in total. The second kappa shape index (κ2) is 7.69. The van der Waals surface area contributed by atoms with Crippen molar-refractivity contribution in [3.63, 3.8) is 0 Å². The summed E-state index contributed by atoms with van der Waals surface area (Å²) in [6.07, 6.45) is 1.70. The molecule has 0 amide bonds. The number of hydrogen-bond donors (Lipinski definition) is 4. The van der Waals surface area contributed by atoms with E-state index < -0.39 is 16.7 Å². The number of guanidine groups is 1. The van der Waals surface area contributed by atoms with Crippen molar-refractivity contribution in [2.75, 3.05) is 31.0 Å². The third kappa shape index (κ3) is 3.06. The molecule has 2 aromatic rings. The van der Waals surface area contributed by atoms with E-state index >= 15 is 0 Å². The number of nitriles is 2. The number of nitrogens with two attached hydrogens (primary N) is 2. The Balaban J connectivity index is 2.44. The van der Waals surface area contributed by atoms with Gasteiger partial charge in [-0.25, -0.2) is 9.98 Å². The first kappa shape index (κ1) is 20.0. The van der Waals surface area contributed by atoms with Gasteiger partial charge in [-0.3, -0.25) is 15.4 Å². The molecular weight excluding hydrogens is 394 g/mol. The van der Waals surface area contributed by atoms with E-state index in [0.29, 0.717) is 0 Å². The lowest BCUT2D eigenvalue weighted by atomic mass is 9.93. The van der Waals surface area contributed by atoms with Crippen LogP contribution in [0.4, 0.5) is 23.0 Å². The van der Waals surface area contributed by atoms with Crippen LogP contribution in [-0.4, -0.2) is 30.1 Å². The molecule has 0 saturated carbocycles. The summed E-state index contributed by atoms with van der Waals surface area (Å²) in [7, 11) is 2.62. The van der Waals surface area contributed by atoms with Crippen LogP contribution in [0.2, 0.25) is 0 Å². The molecule has 0 saturated heterocycles. The Bertz CT molecular complexity index is 1160. The van der Waals surface area contributed by atoms with Gasteiger partial charge in [-0.2, -0.15) is 10.5 Å². The highest BCUT2D eigenvalue weighted by Crippen LogP contribution is 2.49. The summed E-state index contributed by atoms with van der Waals surface area (Å²) in [6.45, 7) is 0. The van der Waals surface area contributed by atoms with Gasteiger partial charge in [-0.1, -0.05) is 0 Å². The van der Waals surface area contributed by atoms with Crippen LogP contribution in [0.5, 0.6) is 11.5 Å². The molecule has 0 aliphatic carbocycles. The van der Waals surface area contributed by atoms with Crippen molar-refractivity contribution in [1.82, 2.24) is 10.3 Å². The molecule has 1 aromatic carbocycles. The number of anilines is 3. The lowest BCUT2D eigenvalue weighted by Gasteiger charge is -2.27. The molecule has 2 heterocycles. The van der Waals surface area contributed by atoms with E-state index in [-0.39, 0.29) is 51.5 Å². The maximum Gasteiger partial charge on any atom is 0.320 e. The smallest absolute Gasteiger partial charge is 0.320 e. The van der Waals surface area contributed by atoms with Gasteiger partial charge in [-0.05, 0) is 12.1 Å². The number of pyridine rings is 1. The van der Waals surface area contributed by atoms with Gasteiger partial charge in [0.05, 0.1) is 24.8 Å². The molecule has 0 fully saturated rings. The van der Waals surface area contributed by atoms with Gasteiger partial charge in [0, 0.05) is 5.56 Å². The molecule has 13 nitrogen and oxygen atoms in total. The zero-order valence-electron chi connectivity index (χ0n) is 15.8. The van der Waals surface area contributed by atoms with Crippen molar-refractivity contribution >= 4 is 29.0 Å². The molecule has 3 rings (SSSR count). The van der Waals surface area contributed by atoms with Gasteiger partial charge >= 0.3 is 5.69 Å². The fourth-order valence-electron chi connectivity index (χ4n) is 3.15. The number of nitrogens with zero attached hydrogens (tertiary/aromatic N) is 5. The number of rotatable bonds is 4. The number of fused-ring (bicyclic) bond motifs is 1. The van der Waals surface area contributed by atoms with Crippen molar-refractivity contribution in [1.29, 1.82) is 10.5 Å². The third-order valence-corrected chi connectivity index (χ3v) is 4.39. The number of ether oxygens (including phenoxy) is 2. The van der Waals surface area contributed by atoms with E-state index in [0.717, 1.165) is 0 Å². The quantitative estimate of drug-likeness (QED) is 0.242. The number of hydrogen-bond acceptors (Lipinski definition) is 12. The average Bonchev–Trinajstić information content (AvgIpc) is 2.72. The minimum absolute atomic E-state index is 0.00370. The van der Waals surface area contributed by atoms with E-state index in [1.165, 1.54) is 26.4 Å². The molecule has 1 aromatic heterocycles. The Morgan fingerprint density at radius 2 is 1.90 bits per heavy atom. The fourth-order valence-corrected chi connectivity index (χ4v) is 3.15. The van der Waals surface area contributed by atoms with Gasteiger partial charge in [0.1, 0.15) is 40.6 Å². The second-order valence-corrected chi connectivity index (χ2v) is 5.89. The van der Waals surface area contributed by atoms with Crippen molar-refractivity contribution in [2.24, 2.45) is 4.99 Å². The van der Waals surface area contributed by atoms with Crippen molar-refractivity contribution in [2.45, 2.75) is 6.04 Å². The fraction of sp³-hybridized carbons (Fsp3) is 0.176. The van der Waals surface area contributed by atoms with Gasteiger partial charge in [-0.15, -0.1) is 0 Å². The predicted molar refractivity (Wildman–Crippen MR) is 106 cm³/mol. The third-order valence-electron chi connectivity index (χ3n) is 4.39. The summed E-state index contributed by atoms with van der Waals surface area (Å²) in [4.78, 5) is 19.7. The van der Waals surface area contributed by atoms with Gasteiger partial charge in [0.15, 0.2) is 11.9 Å². The number of aliphatic imine (C=N–C) groups is 1. The van der Waals surface area contributed by atoms with Crippen LogP contribution in [0.25, 0.3) is 0 Å². The molecule has 1 aliphatic rings. The highest BCUT2D eigenvalue weighted by molar-refractivity contribution is 5.98. The Hall–Kier alpha value is -4.78. The van der Waals surface area contributed by atoms with E-state index in [4.69, 9.17) is 26.2 Å². The zero-order chi connectivity index (χ0) is 22.0. The molecule has 13 heteroatoms. The van der Waals surface area contributed by atoms with Gasteiger partial charge < -0.3 is 26.3 Å². The van der Waals surface area contributed by atoms with Crippen LogP contribution in [0, 0.1) is 32.9 Å². The normalized spacial score (nSPS) is 14.3. The summed E-state index contributed by atoms with van der Waals surface area (Å²) in [5.41, 5.74) is 11.6. The van der Waals surface area contributed by atoms with Crippen LogP contribution in [0.15, 0.2) is 17.1 Å². The lowest BCUT2D eigenvalue weighted by molar-refractivity contribution is -0.386. The number of benzene rings is 1. The lowest BCUT2D eigenvalue weighted by Crippen LogP contribution is -2.33. The first-order valence-electron chi connectivity index (χ1n) is 8.26. The summed E-state index contributed by atoms with van der Waals surface area (Å²) in [5, 5.41) is 35.4. The van der Waals surface area contributed by atoms with E-state index in [1.54, 1.807) is 6.19 Å². The molecule has 1 atom stereocenters. The Labute approximate surface area is 169 Å². The molecule has 30 heavy (non-hydrogen) atoms. The number of nitrogens with one attached hydrogen (secondary N) is 2. The molecule has 0 radical (unpaired) electrons. The summed E-state index contributed by atoms with van der Waals surface area (Å²) in [6, 6.07) is 3.55. The SMILES string of the molecule is COc1ccc(OC)c([N+](=O)[O-])c1C1N=C(NC#N)Nc2nc(N)c(C#N)c(N)c21. The molecule has 0 bridgehead atoms.